The van der Waals surface area contributed by atoms with Gasteiger partial charge in [-0.05, 0) is 55.4 Å². The van der Waals surface area contributed by atoms with E-state index in [-0.39, 0.29) is 6.23 Å². The van der Waals surface area contributed by atoms with Gasteiger partial charge in [0, 0.05) is 17.3 Å². The zero-order valence-electron chi connectivity index (χ0n) is 18.3. The fraction of sp³-hybridized carbons (Fsp3) is 0.346. The Kier molecular flexibility index (Phi) is 5.93. The lowest BCUT2D eigenvalue weighted by atomic mass is 9.92. The maximum atomic E-state index is 5.97. The van der Waals surface area contributed by atoms with Gasteiger partial charge < -0.3 is 9.26 Å². The second-order valence-electron chi connectivity index (χ2n) is 8.45. The molecular formula is C26H30N2O2. The molecule has 0 bridgehead atoms. The molecule has 4 nitrogen and oxygen atoms in total. The number of benzene rings is 2. The molecule has 1 aliphatic heterocycles. The molecule has 0 radical (unpaired) electrons. The van der Waals surface area contributed by atoms with Crippen molar-refractivity contribution in [1.29, 1.82) is 0 Å². The maximum Gasteiger partial charge on any atom is 0.237 e. The summed E-state index contributed by atoms with van der Waals surface area (Å²) < 4.78 is 11.6. The van der Waals surface area contributed by atoms with Crippen molar-refractivity contribution < 1.29 is 9.26 Å². The van der Waals surface area contributed by atoms with Crippen molar-refractivity contribution in [1.82, 2.24) is 5.16 Å². The Labute approximate surface area is 179 Å². The normalized spacial score (nSPS) is 15.8. The summed E-state index contributed by atoms with van der Waals surface area (Å²) in [7, 11) is 0. The fourth-order valence-electron chi connectivity index (χ4n) is 3.95. The van der Waals surface area contributed by atoms with E-state index in [9.17, 15) is 0 Å². The van der Waals surface area contributed by atoms with Crippen LogP contribution in [0.4, 0.5) is 5.88 Å². The molecule has 0 saturated heterocycles. The van der Waals surface area contributed by atoms with Gasteiger partial charge in [-0.25, -0.2) is 0 Å². The molecule has 1 atom stereocenters. The first-order valence-electron chi connectivity index (χ1n) is 10.8. The minimum absolute atomic E-state index is 0.246. The van der Waals surface area contributed by atoms with Crippen molar-refractivity contribution in [3.63, 3.8) is 0 Å². The van der Waals surface area contributed by atoms with Crippen molar-refractivity contribution in [2.45, 2.75) is 53.2 Å². The molecule has 1 unspecified atom stereocenters. The van der Waals surface area contributed by atoms with Gasteiger partial charge in [0.2, 0.25) is 12.1 Å². The third-order valence-electron chi connectivity index (χ3n) is 5.78. The minimum atomic E-state index is -0.246. The van der Waals surface area contributed by atoms with Gasteiger partial charge in [0.05, 0.1) is 5.69 Å². The van der Waals surface area contributed by atoms with E-state index in [0.29, 0.717) is 5.92 Å². The maximum absolute atomic E-state index is 5.97. The Morgan fingerprint density at radius 1 is 1.07 bits per heavy atom. The summed E-state index contributed by atoms with van der Waals surface area (Å²) in [5, 5.41) is 4.11. The molecule has 2 heterocycles. The summed E-state index contributed by atoms with van der Waals surface area (Å²) >= 11 is 0. The Morgan fingerprint density at radius 2 is 1.87 bits per heavy atom. The number of hydrogen-bond acceptors (Lipinski definition) is 4. The SMILES string of the molecule is Cc1noc(N2C=COC2c2ccc(-c3ccccc3)c(CCCC(C)C)c2)c1C. The quantitative estimate of drug-likeness (QED) is 0.429. The first-order chi connectivity index (χ1) is 14.5. The van der Waals surface area contributed by atoms with Crippen LogP contribution in [-0.4, -0.2) is 5.16 Å². The van der Waals surface area contributed by atoms with Crippen LogP contribution in [-0.2, 0) is 11.2 Å². The summed E-state index contributed by atoms with van der Waals surface area (Å²) in [4.78, 5) is 2.02. The lowest BCUT2D eigenvalue weighted by Gasteiger charge is -2.23. The van der Waals surface area contributed by atoms with Gasteiger partial charge in [0.1, 0.15) is 6.26 Å². The molecule has 1 aliphatic rings. The van der Waals surface area contributed by atoms with Crippen molar-refractivity contribution in [2.75, 3.05) is 4.90 Å². The van der Waals surface area contributed by atoms with Gasteiger partial charge >= 0.3 is 0 Å². The zero-order valence-corrected chi connectivity index (χ0v) is 18.3. The second kappa shape index (κ2) is 8.78. The molecule has 156 valence electrons. The molecular weight excluding hydrogens is 372 g/mol. The number of rotatable bonds is 7. The third-order valence-corrected chi connectivity index (χ3v) is 5.78. The predicted molar refractivity (Wildman–Crippen MR) is 121 cm³/mol. The van der Waals surface area contributed by atoms with Crippen molar-refractivity contribution in [3.05, 3.63) is 83.4 Å². The molecule has 0 saturated carbocycles. The number of aromatic nitrogens is 1. The van der Waals surface area contributed by atoms with Crippen LogP contribution < -0.4 is 4.90 Å². The molecule has 0 aliphatic carbocycles. The van der Waals surface area contributed by atoms with Gasteiger partial charge in [-0.2, -0.15) is 0 Å². The number of ether oxygens (including phenoxy) is 1. The molecule has 0 amide bonds. The predicted octanol–water partition coefficient (Wildman–Crippen LogP) is 6.94. The first-order valence-corrected chi connectivity index (χ1v) is 10.8. The first kappa shape index (κ1) is 20.3. The standard InChI is InChI=1S/C26H30N2O2/c1-18(2)9-8-12-22-17-23(13-14-24(22)21-10-6-5-7-11-21)26-28(15-16-29-26)25-19(3)20(4)27-30-25/h5-7,10-11,13-18,26H,8-9,12H2,1-4H3. The molecule has 3 aromatic rings. The summed E-state index contributed by atoms with van der Waals surface area (Å²) in [5.74, 6) is 1.45. The van der Waals surface area contributed by atoms with Crippen LogP contribution in [0.5, 0.6) is 0 Å². The lowest BCUT2D eigenvalue weighted by molar-refractivity contribution is 0.169. The molecule has 1 aromatic heterocycles. The Bertz CT molecular complexity index is 1020. The Hall–Kier alpha value is -3.01. The number of anilines is 1. The van der Waals surface area contributed by atoms with Gasteiger partial charge in [0.15, 0.2) is 0 Å². The van der Waals surface area contributed by atoms with Crippen molar-refractivity contribution >= 4 is 5.88 Å². The highest BCUT2D eigenvalue weighted by Gasteiger charge is 2.29. The Balaban J connectivity index is 1.67. The van der Waals surface area contributed by atoms with Crippen LogP contribution in [0, 0.1) is 19.8 Å². The molecule has 2 aromatic carbocycles. The minimum Gasteiger partial charge on any atom is -0.472 e. The highest BCUT2D eigenvalue weighted by molar-refractivity contribution is 5.68. The van der Waals surface area contributed by atoms with Crippen molar-refractivity contribution in [2.24, 2.45) is 5.92 Å². The highest BCUT2D eigenvalue weighted by Crippen LogP contribution is 2.37. The van der Waals surface area contributed by atoms with E-state index in [1.54, 1.807) is 6.26 Å². The highest BCUT2D eigenvalue weighted by atomic mass is 16.5. The molecule has 4 rings (SSSR count). The average molecular weight is 403 g/mol. The lowest BCUT2D eigenvalue weighted by Crippen LogP contribution is -2.20. The van der Waals surface area contributed by atoms with Gasteiger partial charge in [-0.3, -0.25) is 4.90 Å². The summed E-state index contributed by atoms with van der Waals surface area (Å²) in [6.07, 6.45) is 6.85. The number of hydrogen-bond donors (Lipinski definition) is 0. The second-order valence-corrected chi connectivity index (χ2v) is 8.45. The average Bonchev–Trinajstić information content (AvgIpc) is 3.35. The van der Waals surface area contributed by atoms with Crippen LogP contribution in [0.15, 0.2) is 65.5 Å². The molecule has 0 fully saturated rings. The monoisotopic (exact) mass is 402 g/mol. The Morgan fingerprint density at radius 3 is 2.57 bits per heavy atom. The fourth-order valence-corrected chi connectivity index (χ4v) is 3.95. The number of nitrogens with zero attached hydrogens (tertiary/aromatic N) is 2. The van der Waals surface area contributed by atoms with Crippen LogP contribution in [0.1, 0.15) is 55.3 Å². The van der Waals surface area contributed by atoms with Crippen LogP contribution in [0.2, 0.25) is 0 Å². The van der Waals surface area contributed by atoms with Crippen molar-refractivity contribution in [3.8, 4) is 11.1 Å². The topological polar surface area (TPSA) is 38.5 Å². The smallest absolute Gasteiger partial charge is 0.237 e. The zero-order chi connectivity index (χ0) is 21.1. The van der Waals surface area contributed by atoms with Crippen LogP contribution in [0.3, 0.4) is 0 Å². The third kappa shape index (κ3) is 4.13. The van der Waals surface area contributed by atoms with E-state index in [4.69, 9.17) is 9.26 Å². The molecule has 0 spiro atoms. The van der Waals surface area contributed by atoms with E-state index in [1.165, 1.54) is 29.5 Å². The van der Waals surface area contributed by atoms with E-state index in [1.807, 2.05) is 24.9 Å². The summed E-state index contributed by atoms with van der Waals surface area (Å²) in [6.45, 7) is 8.55. The van der Waals surface area contributed by atoms with E-state index >= 15 is 0 Å². The molecule has 0 N–H and O–H groups in total. The molecule has 30 heavy (non-hydrogen) atoms. The van der Waals surface area contributed by atoms with Crippen LogP contribution in [0.25, 0.3) is 11.1 Å². The summed E-state index contributed by atoms with van der Waals surface area (Å²) in [5.41, 5.74) is 6.97. The van der Waals surface area contributed by atoms with E-state index in [0.717, 1.165) is 29.1 Å². The number of aryl methyl sites for hydroxylation is 2. The van der Waals surface area contributed by atoms with E-state index in [2.05, 4.69) is 67.5 Å². The van der Waals surface area contributed by atoms with E-state index < -0.39 is 0 Å². The summed E-state index contributed by atoms with van der Waals surface area (Å²) in [6, 6.07) is 17.3. The van der Waals surface area contributed by atoms with Gasteiger partial charge in [-0.15, -0.1) is 0 Å². The van der Waals surface area contributed by atoms with Gasteiger partial charge in [-0.1, -0.05) is 67.9 Å². The van der Waals surface area contributed by atoms with Gasteiger partial charge in [0.25, 0.3) is 0 Å². The molecule has 4 heteroatoms. The van der Waals surface area contributed by atoms with Crippen LogP contribution >= 0.6 is 0 Å². The largest absolute Gasteiger partial charge is 0.472 e.